The number of nitrogens with zero attached hydrogens (tertiary/aromatic N) is 1. The highest BCUT2D eigenvalue weighted by Gasteiger charge is 2.16. The van der Waals surface area contributed by atoms with Gasteiger partial charge in [0.2, 0.25) is 0 Å². The molecule has 0 amide bonds. The first kappa shape index (κ1) is 15.8. The molecule has 1 aromatic rings. The fourth-order valence-electron chi connectivity index (χ4n) is 2.88. The molecule has 1 aliphatic heterocycles. The first-order chi connectivity index (χ1) is 9.60. The number of hydrogen-bond donors (Lipinski definition) is 1. The summed E-state index contributed by atoms with van der Waals surface area (Å²) in [4.78, 5) is 2.52. The van der Waals surface area contributed by atoms with Gasteiger partial charge < -0.3 is 10.6 Å². The van der Waals surface area contributed by atoms with Gasteiger partial charge in [-0.2, -0.15) is 0 Å². The Kier molecular flexibility index (Phi) is 5.91. The van der Waals surface area contributed by atoms with Crippen LogP contribution in [0.3, 0.4) is 0 Å². The van der Waals surface area contributed by atoms with E-state index in [0.29, 0.717) is 0 Å². The van der Waals surface area contributed by atoms with Gasteiger partial charge in [0.25, 0.3) is 0 Å². The number of halogens is 1. The minimum Gasteiger partial charge on any atom is -0.371 e. The summed E-state index contributed by atoms with van der Waals surface area (Å²) in [6.07, 6.45) is 5.96. The third-order valence-electron chi connectivity index (χ3n) is 4.39. The monoisotopic (exact) mass is 338 g/mol. The first-order valence-electron chi connectivity index (χ1n) is 7.89. The minimum absolute atomic E-state index is 0.270. The van der Waals surface area contributed by atoms with Crippen molar-refractivity contribution in [1.29, 1.82) is 0 Å². The number of nitrogens with two attached hydrogens (primary N) is 1. The number of anilines is 1. The van der Waals surface area contributed by atoms with Gasteiger partial charge in [-0.15, -0.1) is 0 Å². The van der Waals surface area contributed by atoms with Crippen LogP contribution in [0.4, 0.5) is 5.69 Å². The average molecular weight is 339 g/mol. The number of benzene rings is 1. The van der Waals surface area contributed by atoms with Crippen LogP contribution in [0.2, 0.25) is 0 Å². The molecule has 2 atom stereocenters. The molecule has 3 heteroatoms. The van der Waals surface area contributed by atoms with Crippen LogP contribution in [-0.2, 0) is 6.42 Å². The van der Waals surface area contributed by atoms with Crippen molar-refractivity contribution in [2.75, 3.05) is 18.0 Å². The normalized spacial score (nSPS) is 21.6. The predicted octanol–water partition coefficient (Wildman–Crippen LogP) is 4.36. The zero-order chi connectivity index (χ0) is 14.5. The smallest absolute Gasteiger partial charge is 0.0510 e. The van der Waals surface area contributed by atoms with Gasteiger partial charge in [0.15, 0.2) is 0 Å². The molecule has 0 saturated carbocycles. The average Bonchev–Trinajstić information content (AvgIpc) is 2.64. The molecule has 112 valence electrons. The molecule has 1 saturated heterocycles. The van der Waals surface area contributed by atoms with E-state index in [0.717, 1.165) is 18.8 Å². The topological polar surface area (TPSA) is 29.3 Å². The van der Waals surface area contributed by atoms with Crippen LogP contribution in [0, 0.1) is 5.92 Å². The molecular weight excluding hydrogens is 312 g/mol. The standard InChI is InChI=1S/C17H27BrN2/c1-3-15(19)11-14-6-7-17(16(18)12-14)20-9-4-5-13(2)8-10-20/h6-7,12-13,15H,3-5,8-11,19H2,1-2H3. The van der Waals surface area contributed by atoms with E-state index >= 15 is 0 Å². The molecule has 0 bridgehead atoms. The van der Waals surface area contributed by atoms with Crippen LogP contribution >= 0.6 is 15.9 Å². The highest BCUT2D eigenvalue weighted by atomic mass is 79.9. The lowest BCUT2D eigenvalue weighted by atomic mass is 10.0. The van der Waals surface area contributed by atoms with E-state index in [-0.39, 0.29) is 6.04 Å². The van der Waals surface area contributed by atoms with Crippen molar-refractivity contribution in [2.45, 2.75) is 52.0 Å². The lowest BCUT2D eigenvalue weighted by Crippen LogP contribution is -2.25. The Morgan fingerprint density at radius 1 is 1.35 bits per heavy atom. The summed E-state index contributed by atoms with van der Waals surface area (Å²) < 4.78 is 1.22. The molecule has 2 rings (SSSR count). The van der Waals surface area contributed by atoms with Crippen LogP contribution in [0.5, 0.6) is 0 Å². The van der Waals surface area contributed by atoms with Crippen LogP contribution < -0.4 is 10.6 Å². The minimum atomic E-state index is 0.270. The van der Waals surface area contributed by atoms with Crippen LogP contribution in [0.25, 0.3) is 0 Å². The molecule has 1 aromatic carbocycles. The summed E-state index contributed by atoms with van der Waals surface area (Å²) in [5, 5.41) is 0. The van der Waals surface area contributed by atoms with Gasteiger partial charge in [-0.1, -0.05) is 19.9 Å². The molecule has 1 heterocycles. The lowest BCUT2D eigenvalue weighted by Gasteiger charge is -2.24. The Bertz CT molecular complexity index is 433. The molecule has 2 nitrogen and oxygen atoms in total. The summed E-state index contributed by atoms with van der Waals surface area (Å²) in [6.45, 7) is 6.87. The predicted molar refractivity (Wildman–Crippen MR) is 91.3 cm³/mol. The molecule has 2 unspecified atom stereocenters. The van der Waals surface area contributed by atoms with Gasteiger partial charge >= 0.3 is 0 Å². The third kappa shape index (κ3) is 4.23. The second-order valence-corrected chi connectivity index (χ2v) is 7.04. The van der Waals surface area contributed by atoms with E-state index in [1.807, 2.05) is 0 Å². The Hall–Kier alpha value is -0.540. The van der Waals surface area contributed by atoms with Crippen molar-refractivity contribution in [3.8, 4) is 0 Å². The molecule has 2 N–H and O–H groups in total. The van der Waals surface area contributed by atoms with E-state index in [1.54, 1.807) is 0 Å². The Labute approximate surface area is 131 Å². The SMILES string of the molecule is CCC(N)Cc1ccc(N2CCCC(C)CC2)c(Br)c1. The Morgan fingerprint density at radius 2 is 2.15 bits per heavy atom. The fourth-order valence-corrected chi connectivity index (χ4v) is 3.56. The molecule has 0 aliphatic carbocycles. The van der Waals surface area contributed by atoms with Crippen molar-refractivity contribution in [1.82, 2.24) is 0 Å². The van der Waals surface area contributed by atoms with E-state index in [9.17, 15) is 0 Å². The zero-order valence-corrected chi connectivity index (χ0v) is 14.3. The number of rotatable bonds is 4. The fraction of sp³-hybridized carbons (Fsp3) is 0.647. The molecule has 20 heavy (non-hydrogen) atoms. The molecule has 1 fully saturated rings. The van der Waals surface area contributed by atoms with Gasteiger partial charge in [0.1, 0.15) is 0 Å². The summed E-state index contributed by atoms with van der Waals surface area (Å²) in [6, 6.07) is 7.02. The van der Waals surface area contributed by atoms with Gasteiger partial charge in [-0.3, -0.25) is 0 Å². The van der Waals surface area contributed by atoms with Crippen LogP contribution in [0.15, 0.2) is 22.7 Å². The second-order valence-electron chi connectivity index (χ2n) is 6.18. The molecule has 0 aromatic heterocycles. The van der Waals surface area contributed by atoms with E-state index < -0.39 is 0 Å². The highest BCUT2D eigenvalue weighted by molar-refractivity contribution is 9.10. The zero-order valence-electron chi connectivity index (χ0n) is 12.7. The van der Waals surface area contributed by atoms with Crippen molar-refractivity contribution in [2.24, 2.45) is 11.7 Å². The third-order valence-corrected chi connectivity index (χ3v) is 5.03. The van der Waals surface area contributed by atoms with E-state index in [4.69, 9.17) is 5.73 Å². The van der Waals surface area contributed by atoms with Crippen molar-refractivity contribution < 1.29 is 0 Å². The van der Waals surface area contributed by atoms with Crippen LogP contribution in [0.1, 0.15) is 45.1 Å². The summed E-state index contributed by atoms with van der Waals surface area (Å²) in [7, 11) is 0. The summed E-state index contributed by atoms with van der Waals surface area (Å²) in [5.41, 5.74) is 8.72. The first-order valence-corrected chi connectivity index (χ1v) is 8.68. The second kappa shape index (κ2) is 7.46. The summed E-state index contributed by atoms with van der Waals surface area (Å²) in [5.74, 6) is 0.862. The van der Waals surface area contributed by atoms with E-state index in [1.165, 1.54) is 48.1 Å². The largest absolute Gasteiger partial charge is 0.371 e. The molecule has 0 spiro atoms. The number of hydrogen-bond acceptors (Lipinski definition) is 2. The maximum absolute atomic E-state index is 6.05. The Balaban J connectivity index is 2.08. The van der Waals surface area contributed by atoms with Crippen molar-refractivity contribution >= 4 is 21.6 Å². The lowest BCUT2D eigenvalue weighted by molar-refractivity contribution is 0.521. The van der Waals surface area contributed by atoms with Gasteiger partial charge in [0, 0.05) is 23.6 Å². The van der Waals surface area contributed by atoms with E-state index in [2.05, 4.69) is 52.9 Å². The summed E-state index contributed by atoms with van der Waals surface area (Å²) >= 11 is 3.75. The molecular formula is C17H27BrN2. The van der Waals surface area contributed by atoms with Gasteiger partial charge in [-0.05, 0) is 71.6 Å². The maximum atomic E-state index is 6.05. The van der Waals surface area contributed by atoms with Gasteiger partial charge in [-0.25, -0.2) is 0 Å². The van der Waals surface area contributed by atoms with Crippen LogP contribution in [-0.4, -0.2) is 19.1 Å². The maximum Gasteiger partial charge on any atom is 0.0510 e. The van der Waals surface area contributed by atoms with Crippen molar-refractivity contribution in [3.05, 3.63) is 28.2 Å². The van der Waals surface area contributed by atoms with Crippen molar-refractivity contribution in [3.63, 3.8) is 0 Å². The highest BCUT2D eigenvalue weighted by Crippen LogP contribution is 2.30. The Morgan fingerprint density at radius 3 is 2.85 bits per heavy atom. The molecule has 1 aliphatic rings. The molecule has 0 radical (unpaired) electrons. The van der Waals surface area contributed by atoms with Gasteiger partial charge in [0.05, 0.1) is 5.69 Å². The quantitative estimate of drug-likeness (QED) is 0.883.